The van der Waals surface area contributed by atoms with E-state index in [2.05, 4.69) is 10.6 Å². The van der Waals surface area contributed by atoms with Gasteiger partial charge in [-0.15, -0.1) is 0 Å². The average Bonchev–Trinajstić information content (AvgIpc) is 2.89. The number of benzene rings is 1. The van der Waals surface area contributed by atoms with Crippen molar-refractivity contribution < 1.29 is 18.7 Å². The van der Waals surface area contributed by atoms with E-state index in [0.717, 1.165) is 0 Å². The van der Waals surface area contributed by atoms with Gasteiger partial charge < -0.3 is 19.8 Å². The summed E-state index contributed by atoms with van der Waals surface area (Å²) in [6.07, 6.45) is 1.54. The van der Waals surface area contributed by atoms with Crippen LogP contribution in [0.4, 0.5) is 10.5 Å². The second kappa shape index (κ2) is 6.42. The Hall–Kier alpha value is -2.76. The molecule has 1 aromatic carbocycles. The van der Waals surface area contributed by atoms with Crippen molar-refractivity contribution in [2.75, 3.05) is 5.32 Å². The minimum Gasteiger partial charge on any atom is -0.467 e. The van der Waals surface area contributed by atoms with E-state index >= 15 is 0 Å². The SMILES string of the molecule is CC(=O)Oc1cccc(NC(=O)NCc2ccco2)c1. The zero-order valence-corrected chi connectivity index (χ0v) is 10.9. The Morgan fingerprint density at radius 3 is 2.80 bits per heavy atom. The first-order valence-corrected chi connectivity index (χ1v) is 5.99. The summed E-state index contributed by atoms with van der Waals surface area (Å²) >= 11 is 0. The van der Waals surface area contributed by atoms with Crippen LogP contribution < -0.4 is 15.4 Å². The molecule has 2 rings (SSSR count). The van der Waals surface area contributed by atoms with Gasteiger partial charge >= 0.3 is 12.0 Å². The number of furan rings is 1. The second-order valence-electron chi connectivity index (χ2n) is 4.01. The van der Waals surface area contributed by atoms with Crippen molar-refractivity contribution in [1.29, 1.82) is 0 Å². The van der Waals surface area contributed by atoms with Crippen molar-refractivity contribution in [2.45, 2.75) is 13.5 Å². The Morgan fingerprint density at radius 2 is 2.10 bits per heavy atom. The second-order valence-corrected chi connectivity index (χ2v) is 4.01. The molecule has 2 aromatic rings. The molecular weight excluding hydrogens is 260 g/mol. The van der Waals surface area contributed by atoms with Crippen LogP contribution in [-0.4, -0.2) is 12.0 Å². The number of ether oxygens (including phenoxy) is 1. The lowest BCUT2D eigenvalue weighted by Gasteiger charge is -2.08. The molecule has 6 heteroatoms. The summed E-state index contributed by atoms with van der Waals surface area (Å²) in [6.45, 7) is 1.61. The largest absolute Gasteiger partial charge is 0.467 e. The molecule has 0 fully saturated rings. The third kappa shape index (κ3) is 4.16. The molecule has 0 unspecified atom stereocenters. The zero-order chi connectivity index (χ0) is 14.4. The van der Waals surface area contributed by atoms with Gasteiger partial charge in [0.15, 0.2) is 0 Å². The van der Waals surface area contributed by atoms with Gasteiger partial charge in [0.1, 0.15) is 11.5 Å². The number of esters is 1. The van der Waals surface area contributed by atoms with Gasteiger partial charge in [-0.1, -0.05) is 6.07 Å². The number of carbonyl (C=O) groups is 2. The molecule has 0 saturated carbocycles. The Labute approximate surface area is 115 Å². The minimum atomic E-state index is -0.413. The maximum atomic E-state index is 11.7. The summed E-state index contributed by atoms with van der Waals surface area (Å²) < 4.78 is 10.0. The van der Waals surface area contributed by atoms with Crippen LogP contribution in [0, 0.1) is 0 Å². The summed E-state index contributed by atoms with van der Waals surface area (Å²) in [6, 6.07) is 9.71. The summed E-state index contributed by atoms with van der Waals surface area (Å²) in [5.74, 6) is 0.625. The molecule has 0 aliphatic rings. The Bertz CT molecular complexity index is 593. The standard InChI is InChI=1S/C14H14N2O4/c1-10(17)20-12-5-2-4-11(8-12)16-14(18)15-9-13-6-3-7-19-13/h2-8H,9H2,1H3,(H2,15,16,18). The third-order valence-electron chi connectivity index (χ3n) is 2.36. The number of nitrogens with one attached hydrogen (secondary N) is 2. The first kappa shape index (κ1) is 13.7. The van der Waals surface area contributed by atoms with E-state index in [1.165, 1.54) is 13.2 Å². The highest BCUT2D eigenvalue weighted by Crippen LogP contribution is 2.17. The van der Waals surface area contributed by atoms with Crippen LogP contribution in [-0.2, 0) is 11.3 Å². The predicted molar refractivity (Wildman–Crippen MR) is 72.3 cm³/mol. The zero-order valence-electron chi connectivity index (χ0n) is 10.9. The third-order valence-corrected chi connectivity index (χ3v) is 2.36. The van der Waals surface area contributed by atoms with Crippen LogP contribution in [0.25, 0.3) is 0 Å². The summed E-state index contributed by atoms with van der Waals surface area (Å²) in [4.78, 5) is 22.5. The molecule has 0 saturated heterocycles. The monoisotopic (exact) mass is 274 g/mol. The lowest BCUT2D eigenvalue weighted by atomic mass is 10.3. The molecule has 0 aliphatic carbocycles. The fourth-order valence-corrected chi connectivity index (χ4v) is 1.56. The Kier molecular flexibility index (Phi) is 4.39. The van der Waals surface area contributed by atoms with Crippen LogP contribution >= 0.6 is 0 Å². The van der Waals surface area contributed by atoms with Crippen LogP contribution in [0.5, 0.6) is 5.75 Å². The Balaban J connectivity index is 1.88. The van der Waals surface area contributed by atoms with E-state index in [1.807, 2.05) is 0 Å². The van der Waals surface area contributed by atoms with Crippen molar-refractivity contribution in [1.82, 2.24) is 5.32 Å². The van der Waals surface area contributed by atoms with Gasteiger partial charge in [-0.25, -0.2) is 4.79 Å². The average molecular weight is 274 g/mol. The van der Waals surface area contributed by atoms with Gasteiger partial charge in [0, 0.05) is 18.7 Å². The molecule has 2 N–H and O–H groups in total. The van der Waals surface area contributed by atoms with Crippen molar-refractivity contribution in [2.24, 2.45) is 0 Å². The van der Waals surface area contributed by atoms with Crippen LogP contribution in [0.1, 0.15) is 12.7 Å². The summed E-state index contributed by atoms with van der Waals surface area (Å²) in [5, 5.41) is 5.28. The molecule has 20 heavy (non-hydrogen) atoms. The van der Waals surface area contributed by atoms with Crippen LogP contribution in [0.3, 0.4) is 0 Å². The maximum absolute atomic E-state index is 11.7. The minimum absolute atomic E-state index is 0.294. The molecule has 104 valence electrons. The van der Waals surface area contributed by atoms with Crippen LogP contribution in [0.15, 0.2) is 47.1 Å². The molecule has 1 aromatic heterocycles. The first-order valence-electron chi connectivity index (χ1n) is 5.99. The number of hydrogen-bond acceptors (Lipinski definition) is 4. The fraction of sp³-hybridized carbons (Fsp3) is 0.143. The molecule has 0 spiro atoms. The topological polar surface area (TPSA) is 80.6 Å². The van der Waals surface area contributed by atoms with Crippen molar-refractivity contribution in [3.63, 3.8) is 0 Å². The molecule has 0 atom stereocenters. The highest BCUT2D eigenvalue weighted by Gasteiger charge is 2.04. The van der Waals surface area contributed by atoms with Gasteiger partial charge in [-0.2, -0.15) is 0 Å². The number of hydrogen-bond donors (Lipinski definition) is 2. The van der Waals surface area contributed by atoms with E-state index in [9.17, 15) is 9.59 Å². The Morgan fingerprint density at radius 1 is 1.25 bits per heavy atom. The van der Waals surface area contributed by atoms with Crippen molar-refractivity contribution in [3.8, 4) is 5.75 Å². The number of rotatable bonds is 4. The van der Waals surface area contributed by atoms with Gasteiger partial charge in [0.25, 0.3) is 0 Å². The predicted octanol–water partition coefficient (Wildman–Crippen LogP) is 2.53. The normalized spacial score (nSPS) is 9.85. The fourth-order valence-electron chi connectivity index (χ4n) is 1.56. The number of anilines is 1. The van der Waals surface area contributed by atoms with Crippen molar-refractivity contribution in [3.05, 3.63) is 48.4 Å². The van der Waals surface area contributed by atoms with E-state index in [0.29, 0.717) is 23.7 Å². The summed E-state index contributed by atoms with van der Waals surface area (Å²) in [5.41, 5.74) is 0.528. The first-order chi connectivity index (χ1) is 9.63. The van der Waals surface area contributed by atoms with Gasteiger partial charge in [0.2, 0.25) is 0 Å². The van der Waals surface area contributed by atoms with Gasteiger partial charge in [-0.3, -0.25) is 4.79 Å². The van der Waals surface area contributed by atoms with E-state index in [-0.39, 0.29) is 6.03 Å². The van der Waals surface area contributed by atoms with E-state index in [4.69, 9.17) is 9.15 Å². The lowest BCUT2D eigenvalue weighted by Crippen LogP contribution is -2.27. The number of amides is 2. The molecule has 0 radical (unpaired) electrons. The molecule has 0 bridgehead atoms. The smallest absolute Gasteiger partial charge is 0.319 e. The van der Waals surface area contributed by atoms with E-state index in [1.54, 1.807) is 36.4 Å². The highest BCUT2D eigenvalue weighted by molar-refractivity contribution is 5.89. The molecule has 1 heterocycles. The molecule has 2 amide bonds. The van der Waals surface area contributed by atoms with E-state index < -0.39 is 5.97 Å². The highest BCUT2D eigenvalue weighted by atomic mass is 16.5. The molecular formula is C14H14N2O4. The quantitative estimate of drug-likeness (QED) is 0.663. The van der Waals surface area contributed by atoms with Crippen molar-refractivity contribution >= 4 is 17.7 Å². The van der Waals surface area contributed by atoms with Gasteiger partial charge in [0.05, 0.1) is 12.8 Å². The molecule has 6 nitrogen and oxygen atoms in total. The molecule has 0 aliphatic heterocycles. The lowest BCUT2D eigenvalue weighted by molar-refractivity contribution is -0.131. The maximum Gasteiger partial charge on any atom is 0.319 e. The summed E-state index contributed by atoms with van der Waals surface area (Å²) in [7, 11) is 0. The van der Waals surface area contributed by atoms with Crippen LogP contribution in [0.2, 0.25) is 0 Å². The number of carbonyl (C=O) groups excluding carboxylic acids is 2. The van der Waals surface area contributed by atoms with Gasteiger partial charge in [-0.05, 0) is 24.3 Å². The number of urea groups is 1.